The number of rotatable bonds is 3. The number of carbonyl (C=O) groups excluding carboxylic acids is 1. The molecule has 2 rings (SSSR count). The minimum Gasteiger partial charge on any atom is -0.395 e. The van der Waals surface area contributed by atoms with Crippen LogP contribution in [0.15, 0.2) is 11.4 Å². The van der Waals surface area contributed by atoms with Crippen molar-refractivity contribution in [3.8, 4) is 11.8 Å². The van der Waals surface area contributed by atoms with E-state index in [1.54, 1.807) is 11.3 Å². The Morgan fingerprint density at radius 2 is 2.44 bits per heavy atom. The Bertz CT molecular complexity index is 483. The van der Waals surface area contributed by atoms with Crippen molar-refractivity contribution in [3.63, 3.8) is 0 Å². The highest BCUT2D eigenvalue weighted by atomic mass is 32.1. The van der Waals surface area contributed by atoms with Crippen molar-refractivity contribution >= 4 is 17.2 Å². The molecule has 1 N–H and O–H groups in total. The first-order valence-electron chi connectivity index (χ1n) is 6.14. The average Bonchev–Trinajstić information content (AvgIpc) is 2.88. The minimum absolute atomic E-state index is 0.0919. The fourth-order valence-electron chi connectivity index (χ4n) is 2.08. The third-order valence-corrected chi connectivity index (χ3v) is 3.85. The molecule has 2 heterocycles. The van der Waals surface area contributed by atoms with Gasteiger partial charge in [-0.1, -0.05) is 18.8 Å². The van der Waals surface area contributed by atoms with E-state index in [1.165, 1.54) is 0 Å². The second kappa shape index (κ2) is 6.03. The molecule has 1 saturated heterocycles. The maximum atomic E-state index is 11.7. The smallest absolute Gasteiger partial charge is 0.223 e. The van der Waals surface area contributed by atoms with Crippen LogP contribution in [0.3, 0.4) is 0 Å². The molecule has 0 radical (unpaired) electrons. The molecule has 0 aromatic carbocycles. The molecule has 1 aliphatic rings. The van der Waals surface area contributed by atoms with E-state index in [1.807, 2.05) is 16.3 Å². The maximum Gasteiger partial charge on any atom is 0.223 e. The van der Waals surface area contributed by atoms with Crippen molar-refractivity contribution in [2.24, 2.45) is 5.92 Å². The molecule has 0 aliphatic carbocycles. The quantitative estimate of drug-likeness (QED) is 0.846. The van der Waals surface area contributed by atoms with Crippen LogP contribution in [-0.4, -0.2) is 29.1 Å². The second-order valence-electron chi connectivity index (χ2n) is 4.62. The van der Waals surface area contributed by atoms with E-state index >= 15 is 0 Å². The van der Waals surface area contributed by atoms with Crippen LogP contribution in [0.5, 0.6) is 0 Å². The first-order chi connectivity index (χ1) is 8.70. The molecular formula is C14H17NO2S. The van der Waals surface area contributed by atoms with E-state index < -0.39 is 0 Å². The number of aliphatic hydroxyl groups excluding tert-OH is 1. The molecule has 0 saturated carbocycles. The van der Waals surface area contributed by atoms with Crippen molar-refractivity contribution in [1.82, 2.24) is 4.90 Å². The zero-order valence-electron chi connectivity index (χ0n) is 10.5. The van der Waals surface area contributed by atoms with Gasteiger partial charge in [-0.25, -0.2) is 0 Å². The Morgan fingerprint density at radius 1 is 1.61 bits per heavy atom. The van der Waals surface area contributed by atoms with Gasteiger partial charge in [0, 0.05) is 29.8 Å². The maximum absolute atomic E-state index is 11.7. The van der Waals surface area contributed by atoms with Gasteiger partial charge in [0.15, 0.2) is 0 Å². The lowest BCUT2D eigenvalue weighted by Crippen LogP contribution is -2.24. The van der Waals surface area contributed by atoms with E-state index in [2.05, 4.69) is 18.8 Å². The summed E-state index contributed by atoms with van der Waals surface area (Å²) in [5.74, 6) is 6.68. The lowest BCUT2D eigenvalue weighted by atomic mass is 10.2. The number of hydrogen-bond acceptors (Lipinski definition) is 3. The summed E-state index contributed by atoms with van der Waals surface area (Å²) >= 11 is 1.64. The topological polar surface area (TPSA) is 40.5 Å². The molecule has 1 aromatic rings. The average molecular weight is 263 g/mol. The SMILES string of the molecule is CC1CC(=O)N(Cc2sccc2C#CCCO)C1. The van der Waals surface area contributed by atoms with Crippen molar-refractivity contribution in [2.45, 2.75) is 26.3 Å². The highest BCUT2D eigenvalue weighted by Gasteiger charge is 2.26. The molecule has 1 aliphatic heterocycles. The van der Waals surface area contributed by atoms with E-state index in [0.29, 0.717) is 25.3 Å². The first kappa shape index (κ1) is 13.1. The predicted molar refractivity (Wildman–Crippen MR) is 72.1 cm³/mol. The molecule has 3 nitrogen and oxygen atoms in total. The second-order valence-corrected chi connectivity index (χ2v) is 5.62. The van der Waals surface area contributed by atoms with Gasteiger partial charge in [0.1, 0.15) is 0 Å². The number of thiophene rings is 1. The Kier molecular flexibility index (Phi) is 4.40. The largest absolute Gasteiger partial charge is 0.395 e. The first-order valence-corrected chi connectivity index (χ1v) is 7.02. The van der Waals surface area contributed by atoms with Crippen molar-refractivity contribution in [1.29, 1.82) is 0 Å². The van der Waals surface area contributed by atoms with Crippen LogP contribution in [0, 0.1) is 17.8 Å². The van der Waals surface area contributed by atoms with Gasteiger partial charge in [-0.15, -0.1) is 11.3 Å². The summed E-state index contributed by atoms with van der Waals surface area (Å²) in [4.78, 5) is 14.8. The fourth-order valence-corrected chi connectivity index (χ4v) is 2.93. The Balaban J connectivity index is 2.04. The molecule has 18 heavy (non-hydrogen) atoms. The molecule has 1 aromatic heterocycles. The van der Waals surface area contributed by atoms with Gasteiger partial charge in [0.05, 0.1) is 13.2 Å². The molecule has 1 unspecified atom stereocenters. The third-order valence-electron chi connectivity index (χ3n) is 2.95. The number of carbonyl (C=O) groups is 1. The summed E-state index contributed by atoms with van der Waals surface area (Å²) in [7, 11) is 0. The Labute approximate surface area is 111 Å². The molecule has 0 bridgehead atoms. The molecule has 96 valence electrons. The van der Waals surface area contributed by atoms with E-state index in [0.717, 1.165) is 17.0 Å². The molecule has 1 atom stereocenters. The zero-order chi connectivity index (χ0) is 13.0. The minimum atomic E-state index is 0.0919. The number of nitrogens with zero attached hydrogens (tertiary/aromatic N) is 1. The van der Waals surface area contributed by atoms with Crippen molar-refractivity contribution in [2.75, 3.05) is 13.2 Å². The monoisotopic (exact) mass is 263 g/mol. The molecule has 1 fully saturated rings. The lowest BCUT2D eigenvalue weighted by molar-refractivity contribution is -0.128. The summed E-state index contributed by atoms with van der Waals surface area (Å²) < 4.78 is 0. The van der Waals surface area contributed by atoms with Gasteiger partial charge in [-0.05, 0) is 17.4 Å². The summed E-state index contributed by atoms with van der Waals surface area (Å²) in [6.07, 6.45) is 1.16. The van der Waals surface area contributed by atoms with Gasteiger partial charge in [0.2, 0.25) is 5.91 Å². The number of amides is 1. The van der Waals surface area contributed by atoms with Gasteiger partial charge in [0.25, 0.3) is 0 Å². The summed E-state index contributed by atoms with van der Waals surface area (Å²) in [5, 5.41) is 10.7. The van der Waals surface area contributed by atoms with Crippen LogP contribution in [0.1, 0.15) is 30.2 Å². The van der Waals surface area contributed by atoms with Gasteiger partial charge in [-0.2, -0.15) is 0 Å². The van der Waals surface area contributed by atoms with E-state index in [-0.39, 0.29) is 12.5 Å². The molecular weight excluding hydrogens is 246 g/mol. The van der Waals surface area contributed by atoms with Gasteiger partial charge in [-0.3, -0.25) is 4.79 Å². The normalized spacial score (nSPS) is 18.9. The highest BCUT2D eigenvalue weighted by Crippen LogP contribution is 2.23. The third kappa shape index (κ3) is 3.12. The number of likely N-dealkylation sites (tertiary alicyclic amines) is 1. The predicted octanol–water partition coefficient (Wildman–Crippen LogP) is 1.85. The Morgan fingerprint density at radius 3 is 3.11 bits per heavy atom. The van der Waals surface area contributed by atoms with Gasteiger partial charge < -0.3 is 10.0 Å². The van der Waals surface area contributed by atoms with Crippen LogP contribution in [0.2, 0.25) is 0 Å². The van der Waals surface area contributed by atoms with Crippen molar-refractivity contribution in [3.05, 3.63) is 21.9 Å². The van der Waals surface area contributed by atoms with E-state index in [9.17, 15) is 4.79 Å². The molecule has 4 heteroatoms. The zero-order valence-corrected chi connectivity index (χ0v) is 11.3. The van der Waals surface area contributed by atoms with Crippen LogP contribution in [0.4, 0.5) is 0 Å². The summed E-state index contributed by atoms with van der Waals surface area (Å²) in [5.41, 5.74) is 0.987. The van der Waals surface area contributed by atoms with Crippen LogP contribution in [-0.2, 0) is 11.3 Å². The highest BCUT2D eigenvalue weighted by molar-refractivity contribution is 7.10. The van der Waals surface area contributed by atoms with Gasteiger partial charge >= 0.3 is 0 Å². The lowest BCUT2D eigenvalue weighted by Gasteiger charge is -2.15. The standard InChI is InChI=1S/C14H17NO2S/c1-11-8-14(17)15(9-11)10-13-12(5-7-18-13)4-2-3-6-16/h5,7,11,16H,3,6,8-10H2,1H3. The van der Waals surface area contributed by atoms with Crippen molar-refractivity contribution < 1.29 is 9.90 Å². The summed E-state index contributed by atoms with van der Waals surface area (Å²) in [6, 6.07) is 1.98. The van der Waals surface area contributed by atoms with Crippen LogP contribution in [0.25, 0.3) is 0 Å². The van der Waals surface area contributed by atoms with Crippen LogP contribution >= 0.6 is 11.3 Å². The number of hydrogen-bond donors (Lipinski definition) is 1. The van der Waals surface area contributed by atoms with Crippen LogP contribution < -0.4 is 0 Å². The Hall–Kier alpha value is -1.31. The number of aliphatic hydroxyl groups is 1. The fraction of sp³-hybridized carbons (Fsp3) is 0.500. The summed E-state index contributed by atoms with van der Waals surface area (Å²) in [6.45, 7) is 3.72. The van der Waals surface area contributed by atoms with E-state index in [4.69, 9.17) is 5.11 Å². The molecule has 0 spiro atoms. The molecule has 1 amide bonds.